The van der Waals surface area contributed by atoms with Crippen molar-refractivity contribution in [1.82, 2.24) is 30.9 Å². The highest BCUT2D eigenvalue weighted by Gasteiger charge is 2.24. The molecule has 12 heteroatoms. The molecule has 0 spiro atoms. The van der Waals surface area contributed by atoms with Gasteiger partial charge < -0.3 is 26.1 Å². The van der Waals surface area contributed by atoms with Crippen LogP contribution >= 0.6 is 11.6 Å². The van der Waals surface area contributed by atoms with Gasteiger partial charge in [0.15, 0.2) is 11.5 Å². The summed E-state index contributed by atoms with van der Waals surface area (Å²) >= 11 is 6.20. The molecule has 0 radical (unpaired) electrons. The van der Waals surface area contributed by atoms with E-state index in [9.17, 15) is 4.79 Å². The molecule has 0 aliphatic carbocycles. The van der Waals surface area contributed by atoms with E-state index in [0.717, 1.165) is 5.39 Å². The van der Waals surface area contributed by atoms with E-state index in [1.165, 1.54) is 0 Å². The summed E-state index contributed by atoms with van der Waals surface area (Å²) in [5.74, 6) is 6.48. The Morgan fingerprint density at radius 1 is 1.14 bits per heavy atom. The summed E-state index contributed by atoms with van der Waals surface area (Å²) in [6, 6.07) is 13.8. The number of amides is 1. The van der Waals surface area contributed by atoms with Gasteiger partial charge in [0, 0.05) is 23.7 Å². The van der Waals surface area contributed by atoms with Crippen LogP contribution in [0, 0.1) is 0 Å². The quantitative estimate of drug-likeness (QED) is 0.120. The van der Waals surface area contributed by atoms with Crippen LogP contribution < -0.4 is 31.5 Å². The van der Waals surface area contributed by atoms with Gasteiger partial charge in [0.25, 0.3) is 5.91 Å². The topological polar surface area (TPSA) is 141 Å². The number of halogens is 1. The molecule has 37 heavy (non-hydrogen) atoms. The van der Waals surface area contributed by atoms with Crippen LogP contribution in [0.2, 0.25) is 5.02 Å². The second-order valence-electron chi connectivity index (χ2n) is 7.94. The SMILES string of the molecule is CNN/C(=N/N)C(C)NC(=O)c1cc(-c2c(OC)cccc2OC)n(-c2ccnc3cc(Cl)ccc23)n1. The van der Waals surface area contributed by atoms with Crippen molar-refractivity contribution in [3.8, 4) is 28.4 Å². The minimum absolute atomic E-state index is 0.162. The smallest absolute Gasteiger partial charge is 0.272 e. The Morgan fingerprint density at radius 2 is 1.86 bits per heavy atom. The highest BCUT2D eigenvalue weighted by Crippen LogP contribution is 2.40. The molecular weight excluding hydrogens is 496 g/mol. The van der Waals surface area contributed by atoms with Crippen molar-refractivity contribution in [2.75, 3.05) is 21.3 Å². The van der Waals surface area contributed by atoms with Gasteiger partial charge in [-0.1, -0.05) is 17.7 Å². The number of hydrazone groups is 1. The van der Waals surface area contributed by atoms with Crippen molar-refractivity contribution in [1.29, 1.82) is 0 Å². The fraction of sp³-hybridized carbons (Fsp3) is 0.200. The van der Waals surface area contributed by atoms with E-state index in [-0.39, 0.29) is 5.69 Å². The Balaban J connectivity index is 1.91. The summed E-state index contributed by atoms with van der Waals surface area (Å²) < 4.78 is 13.0. The molecule has 0 fully saturated rings. The molecule has 2 heterocycles. The van der Waals surface area contributed by atoms with E-state index < -0.39 is 11.9 Å². The molecule has 11 nitrogen and oxygen atoms in total. The molecule has 192 valence electrons. The van der Waals surface area contributed by atoms with Gasteiger partial charge in [-0.3, -0.25) is 9.78 Å². The molecule has 1 atom stereocenters. The van der Waals surface area contributed by atoms with E-state index in [0.29, 0.717) is 44.8 Å². The minimum atomic E-state index is -0.525. The van der Waals surface area contributed by atoms with Gasteiger partial charge in [-0.15, -0.1) is 0 Å². The van der Waals surface area contributed by atoms with Crippen molar-refractivity contribution in [2.45, 2.75) is 13.0 Å². The molecule has 0 saturated carbocycles. The molecule has 0 aliphatic rings. The summed E-state index contributed by atoms with van der Waals surface area (Å²) in [6.45, 7) is 1.75. The molecule has 1 amide bonds. The van der Waals surface area contributed by atoms with Gasteiger partial charge in [0.2, 0.25) is 0 Å². The molecule has 0 saturated heterocycles. The van der Waals surface area contributed by atoms with E-state index in [2.05, 4.69) is 31.4 Å². The predicted molar refractivity (Wildman–Crippen MR) is 143 cm³/mol. The number of hydrogen-bond donors (Lipinski definition) is 4. The molecular formula is C25H27ClN8O3. The van der Waals surface area contributed by atoms with Crippen LogP contribution in [-0.4, -0.2) is 53.8 Å². The summed E-state index contributed by atoms with van der Waals surface area (Å²) in [4.78, 5) is 17.7. The Labute approximate surface area is 218 Å². The third kappa shape index (κ3) is 5.13. The number of ether oxygens (including phenoxy) is 2. The largest absolute Gasteiger partial charge is 0.496 e. The van der Waals surface area contributed by atoms with Crippen LogP contribution in [0.4, 0.5) is 0 Å². The second kappa shape index (κ2) is 11.1. The number of benzene rings is 2. The number of hydrazine groups is 1. The van der Waals surface area contributed by atoms with E-state index in [1.54, 1.807) is 57.3 Å². The van der Waals surface area contributed by atoms with Crippen molar-refractivity contribution >= 4 is 34.2 Å². The second-order valence-corrected chi connectivity index (χ2v) is 8.38. The van der Waals surface area contributed by atoms with Crippen molar-refractivity contribution in [2.24, 2.45) is 10.9 Å². The lowest BCUT2D eigenvalue weighted by Crippen LogP contribution is -2.49. The maximum atomic E-state index is 13.3. The number of pyridine rings is 1. The lowest BCUT2D eigenvalue weighted by molar-refractivity contribution is 0.0943. The number of rotatable bonds is 8. The number of aromatic nitrogens is 3. The van der Waals surface area contributed by atoms with Crippen LogP contribution in [0.3, 0.4) is 0 Å². The zero-order chi connectivity index (χ0) is 26.5. The number of nitrogens with two attached hydrogens (primary N) is 1. The highest BCUT2D eigenvalue weighted by molar-refractivity contribution is 6.31. The predicted octanol–water partition coefficient (Wildman–Crippen LogP) is 2.87. The molecule has 2 aromatic carbocycles. The normalized spacial score (nSPS) is 12.3. The number of nitrogens with zero attached hydrogens (tertiary/aromatic N) is 4. The van der Waals surface area contributed by atoms with Crippen molar-refractivity contribution in [3.05, 3.63) is 65.4 Å². The fourth-order valence-corrected chi connectivity index (χ4v) is 4.13. The summed E-state index contributed by atoms with van der Waals surface area (Å²) in [5.41, 5.74) is 8.28. The zero-order valence-corrected chi connectivity index (χ0v) is 21.5. The Bertz CT molecular complexity index is 1450. The Morgan fingerprint density at radius 3 is 2.51 bits per heavy atom. The first-order valence-corrected chi connectivity index (χ1v) is 11.7. The maximum absolute atomic E-state index is 13.3. The van der Waals surface area contributed by atoms with Gasteiger partial charge in [0.05, 0.1) is 42.7 Å². The summed E-state index contributed by atoms with van der Waals surface area (Å²) in [5, 5.41) is 12.6. The first-order valence-electron chi connectivity index (χ1n) is 11.3. The number of methoxy groups -OCH3 is 2. The van der Waals surface area contributed by atoms with Crippen molar-refractivity contribution < 1.29 is 14.3 Å². The van der Waals surface area contributed by atoms with Crippen LogP contribution in [0.5, 0.6) is 11.5 Å². The number of carbonyl (C=O) groups excluding carboxylic acids is 1. The van der Waals surface area contributed by atoms with E-state index in [1.807, 2.05) is 30.3 Å². The van der Waals surface area contributed by atoms with Gasteiger partial charge in [-0.05, 0) is 49.4 Å². The molecule has 5 N–H and O–H groups in total. The number of carbonyl (C=O) groups is 1. The van der Waals surface area contributed by atoms with Gasteiger partial charge in [0.1, 0.15) is 11.5 Å². The fourth-order valence-electron chi connectivity index (χ4n) is 3.97. The highest BCUT2D eigenvalue weighted by atomic mass is 35.5. The van der Waals surface area contributed by atoms with Crippen LogP contribution in [0.25, 0.3) is 27.8 Å². The molecule has 1 unspecified atom stereocenters. The van der Waals surface area contributed by atoms with Crippen molar-refractivity contribution in [3.63, 3.8) is 0 Å². The molecule has 4 aromatic rings. The maximum Gasteiger partial charge on any atom is 0.272 e. The third-order valence-corrected chi connectivity index (χ3v) is 5.92. The summed E-state index contributed by atoms with van der Waals surface area (Å²) in [7, 11) is 4.81. The molecule has 0 aliphatic heterocycles. The Hall–Kier alpha value is -4.35. The first-order chi connectivity index (χ1) is 17.9. The number of nitrogens with one attached hydrogen (secondary N) is 3. The van der Waals surface area contributed by atoms with Gasteiger partial charge in [-0.2, -0.15) is 10.2 Å². The minimum Gasteiger partial charge on any atom is -0.496 e. The lowest BCUT2D eigenvalue weighted by Gasteiger charge is -2.16. The average molecular weight is 523 g/mol. The van der Waals surface area contributed by atoms with Gasteiger partial charge >= 0.3 is 0 Å². The average Bonchev–Trinajstić information content (AvgIpc) is 3.35. The first kappa shape index (κ1) is 25.7. The molecule has 0 bridgehead atoms. The number of amidine groups is 1. The lowest BCUT2D eigenvalue weighted by atomic mass is 10.1. The Kier molecular flexibility index (Phi) is 7.75. The summed E-state index contributed by atoms with van der Waals surface area (Å²) in [6.07, 6.45) is 1.66. The van der Waals surface area contributed by atoms with Crippen LogP contribution in [0.15, 0.2) is 59.8 Å². The zero-order valence-electron chi connectivity index (χ0n) is 20.7. The number of hydrogen-bond acceptors (Lipinski definition) is 8. The van der Waals surface area contributed by atoms with E-state index >= 15 is 0 Å². The third-order valence-electron chi connectivity index (χ3n) is 5.69. The number of fused-ring (bicyclic) bond motifs is 1. The van der Waals surface area contributed by atoms with Crippen LogP contribution in [0.1, 0.15) is 17.4 Å². The standard InChI is InChI=1S/C25H27ClN8O3/c1-14(24(31-27)32-28-2)30-25(35)18-13-20(23-21(36-3)6-5-7-22(23)37-4)34(33-18)19-10-11-29-17-12-15(26)8-9-16(17)19/h5-14,28H,27H2,1-4H3,(H,30,35)(H,31,32). The van der Waals surface area contributed by atoms with Crippen LogP contribution in [-0.2, 0) is 0 Å². The van der Waals surface area contributed by atoms with E-state index in [4.69, 9.17) is 26.9 Å². The molecule has 4 rings (SSSR count). The molecule has 2 aromatic heterocycles. The monoisotopic (exact) mass is 522 g/mol. The van der Waals surface area contributed by atoms with Gasteiger partial charge in [-0.25, -0.2) is 10.1 Å².